The summed E-state index contributed by atoms with van der Waals surface area (Å²) in [6.07, 6.45) is 0. The van der Waals surface area contributed by atoms with Crippen molar-refractivity contribution in [3.63, 3.8) is 0 Å². The molecule has 0 atom stereocenters. The van der Waals surface area contributed by atoms with E-state index in [-0.39, 0.29) is 11.6 Å². The number of benzene rings is 1. The maximum atomic E-state index is 13.0. The Morgan fingerprint density at radius 2 is 2.25 bits per heavy atom. The van der Waals surface area contributed by atoms with Crippen LogP contribution in [0.1, 0.15) is 0 Å². The van der Waals surface area contributed by atoms with E-state index in [1.807, 2.05) is 0 Å². The molecule has 0 aliphatic heterocycles. The summed E-state index contributed by atoms with van der Waals surface area (Å²) in [5.41, 5.74) is 5.57. The third-order valence-electron chi connectivity index (χ3n) is 1.97. The van der Waals surface area contributed by atoms with Gasteiger partial charge in [0.1, 0.15) is 5.82 Å². The van der Waals surface area contributed by atoms with Gasteiger partial charge in [-0.15, -0.1) is 10.2 Å². The number of aromatic nitrogens is 1. The summed E-state index contributed by atoms with van der Waals surface area (Å²) in [6.45, 7) is 0. The van der Waals surface area contributed by atoms with Crippen molar-refractivity contribution in [1.82, 2.24) is 4.98 Å². The Hall–Kier alpha value is -2.44. The molecule has 5 N–H and O–H groups in total. The van der Waals surface area contributed by atoms with Gasteiger partial charge in [-0.25, -0.2) is 4.39 Å². The van der Waals surface area contributed by atoms with Crippen molar-refractivity contribution in [3.8, 4) is 5.88 Å². The maximum Gasteiger partial charge on any atom is 0.232 e. The molecule has 0 unspecified atom stereocenters. The number of fused-ring (bicyclic) bond motifs is 1. The van der Waals surface area contributed by atoms with Gasteiger partial charge in [0.2, 0.25) is 11.8 Å². The molecular formula is C9H8FN5O. The van der Waals surface area contributed by atoms with Gasteiger partial charge in [0, 0.05) is 5.39 Å². The molecule has 0 bridgehead atoms. The molecule has 1 aromatic carbocycles. The van der Waals surface area contributed by atoms with E-state index >= 15 is 0 Å². The molecule has 0 aliphatic carbocycles. The molecule has 2 aromatic rings. The third-order valence-corrected chi connectivity index (χ3v) is 1.97. The second-order valence-electron chi connectivity index (χ2n) is 3.10. The van der Waals surface area contributed by atoms with Crippen molar-refractivity contribution in [2.24, 2.45) is 16.0 Å². The number of nitrogens with two attached hydrogens (primary N) is 1. The number of nitrogens with one attached hydrogen (secondary N) is 2. The Morgan fingerprint density at radius 3 is 2.94 bits per heavy atom. The number of azo groups is 1. The fraction of sp³-hybridized carbons (Fsp3) is 0. The van der Waals surface area contributed by atoms with Gasteiger partial charge in [-0.1, -0.05) is 0 Å². The van der Waals surface area contributed by atoms with Crippen molar-refractivity contribution >= 4 is 22.5 Å². The zero-order valence-corrected chi connectivity index (χ0v) is 8.03. The van der Waals surface area contributed by atoms with Gasteiger partial charge in [0.15, 0.2) is 5.69 Å². The van der Waals surface area contributed by atoms with Crippen LogP contribution >= 0.6 is 0 Å². The summed E-state index contributed by atoms with van der Waals surface area (Å²) in [7, 11) is 0. The smallest absolute Gasteiger partial charge is 0.232 e. The van der Waals surface area contributed by atoms with E-state index in [0.717, 1.165) is 0 Å². The Morgan fingerprint density at radius 1 is 1.50 bits per heavy atom. The summed E-state index contributed by atoms with van der Waals surface area (Å²) in [6, 6.07) is 3.93. The first-order valence-electron chi connectivity index (χ1n) is 4.34. The van der Waals surface area contributed by atoms with Crippen LogP contribution in [0.3, 0.4) is 0 Å². The van der Waals surface area contributed by atoms with E-state index in [1.54, 1.807) is 0 Å². The van der Waals surface area contributed by atoms with Gasteiger partial charge >= 0.3 is 0 Å². The second kappa shape index (κ2) is 3.61. The van der Waals surface area contributed by atoms with Gasteiger partial charge in [0.05, 0.1) is 5.52 Å². The highest BCUT2D eigenvalue weighted by molar-refractivity contribution is 5.94. The average molecular weight is 221 g/mol. The SMILES string of the molecule is N=C(N)N=Nc1c(O)[nH]c2ccc(F)cc12. The summed E-state index contributed by atoms with van der Waals surface area (Å²) < 4.78 is 13.0. The maximum absolute atomic E-state index is 13.0. The molecule has 0 spiro atoms. The highest BCUT2D eigenvalue weighted by atomic mass is 19.1. The topological polar surface area (TPSA) is 111 Å². The molecule has 1 heterocycles. The number of halogens is 1. The highest BCUT2D eigenvalue weighted by Gasteiger charge is 2.10. The van der Waals surface area contributed by atoms with Gasteiger partial charge < -0.3 is 15.8 Å². The van der Waals surface area contributed by atoms with E-state index < -0.39 is 11.8 Å². The lowest BCUT2D eigenvalue weighted by Crippen LogP contribution is -2.03. The number of aromatic amines is 1. The number of hydrogen-bond acceptors (Lipinski definition) is 3. The first-order chi connectivity index (χ1) is 7.58. The van der Waals surface area contributed by atoms with Crippen LogP contribution < -0.4 is 5.73 Å². The number of H-pyrrole nitrogens is 1. The zero-order chi connectivity index (χ0) is 11.7. The van der Waals surface area contributed by atoms with Crippen LogP contribution in [-0.4, -0.2) is 16.1 Å². The monoisotopic (exact) mass is 221 g/mol. The summed E-state index contributed by atoms with van der Waals surface area (Å²) in [5.74, 6) is -1.19. The minimum Gasteiger partial charge on any atom is -0.493 e. The zero-order valence-electron chi connectivity index (χ0n) is 8.03. The lowest BCUT2D eigenvalue weighted by Gasteiger charge is -1.91. The Bertz CT molecular complexity index is 589. The fourth-order valence-electron chi connectivity index (χ4n) is 1.34. The standard InChI is InChI=1S/C9H8FN5O/c10-4-1-2-6-5(3-4)7(8(16)13-6)14-15-9(11)12/h1-3,13,16H,(H3,11,12). The normalized spacial score (nSPS) is 11.3. The molecule has 7 heteroatoms. The molecule has 1 aromatic heterocycles. The van der Waals surface area contributed by atoms with Gasteiger partial charge in [-0.2, -0.15) is 0 Å². The van der Waals surface area contributed by atoms with Crippen LogP contribution in [0.25, 0.3) is 10.9 Å². The lowest BCUT2D eigenvalue weighted by atomic mass is 10.2. The predicted octanol–water partition coefficient (Wildman–Crippen LogP) is 1.99. The van der Waals surface area contributed by atoms with Crippen molar-refractivity contribution in [2.75, 3.05) is 0 Å². The minimum absolute atomic E-state index is 0.0599. The molecule has 6 nitrogen and oxygen atoms in total. The Labute approximate surface area is 89.1 Å². The van der Waals surface area contributed by atoms with Crippen LogP contribution in [0, 0.1) is 11.2 Å². The molecule has 0 aliphatic rings. The molecule has 2 rings (SSSR count). The molecule has 0 amide bonds. The molecule has 16 heavy (non-hydrogen) atoms. The van der Waals surface area contributed by atoms with Crippen LogP contribution in [-0.2, 0) is 0 Å². The van der Waals surface area contributed by atoms with Crippen molar-refractivity contribution in [1.29, 1.82) is 5.41 Å². The Kier molecular flexibility index (Phi) is 2.28. The highest BCUT2D eigenvalue weighted by Crippen LogP contribution is 2.35. The number of aromatic hydroxyl groups is 1. The first kappa shape index (κ1) is 10.1. The van der Waals surface area contributed by atoms with Crippen LogP contribution in [0.2, 0.25) is 0 Å². The van der Waals surface area contributed by atoms with Crippen LogP contribution in [0.4, 0.5) is 10.1 Å². The van der Waals surface area contributed by atoms with E-state index in [4.69, 9.17) is 11.1 Å². The number of nitrogens with zero attached hydrogens (tertiary/aromatic N) is 2. The summed E-state index contributed by atoms with van der Waals surface area (Å²) >= 11 is 0. The molecule has 0 saturated heterocycles. The van der Waals surface area contributed by atoms with Gasteiger partial charge in [-0.05, 0) is 18.2 Å². The largest absolute Gasteiger partial charge is 0.493 e. The summed E-state index contributed by atoms with van der Waals surface area (Å²) in [4.78, 5) is 2.60. The minimum atomic E-state index is -0.495. The lowest BCUT2D eigenvalue weighted by molar-refractivity contribution is 0.459. The summed E-state index contributed by atoms with van der Waals surface area (Å²) in [5, 5.41) is 23.6. The van der Waals surface area contributed by atoms with Crippen molar-refractivity contribution in [2.45, 2.75) is 0 Å². The molecule has 0 radical (unpaired) electrons. The fourth-order valence-corrected chi connectivity index (χ4v) is 1.34. The van der Waals surface area contributed by atoms with E-state index in [9.17, 15) is 9.50 Å². The van der Waals surface area contributed by atoms with E-state index in [2.05, 4.69) is 15.2 Å². The number of guanidine groups is 1. The Balaban J connectivity index is 2.62. The van der Waals surface area contributed by atoms with Crippen LogP contribution in [0.5, 0.6) is 5.88 Å². The second-order valence-corrected chi connectivity index (χ2v) is 3.10. The predicted molar refractivity (Wildman–Crippen MR) is 56.4 cm³/mol. The van der Waals surface area contributed by atoms with Crippen molar-refractivity contribution < 1.29 is 9.50 Å². The van der Waals surface area contributed by atoms with E-state index in [0.29, 0.717) is 10.9 Å². The van der Waals surface area contributed by atoms with Crippen LogP contribution in [0.15, 0.2) is 28.4 Å². The molecule has 82 valence electrons. The molecule has 0 fully saturated rings. The average Bonchev–Trinajstić information content (AvgIpc) is 2.51. The first-order valence-corrected chi connectivity index (χ1v) is 4.34. The van der Waals surface area contributed by atoms with Crippen molar-refractivity contribution in [3.05, 3.63) is 24.0 Å². The third kappa shape index (κ3) is 1.70. The number of rotatable bonds is 1. The van der Waals surface area contributed by atoms with E-state index in [1.165, 1.54) is 18.2 Å². The quantitative estimate of drug-likeness (QED) is 0.335. The molecular weight excluding hydrogens is 213 g/mol. The number of hydrogen-bond donors (Lipinski definition) is 4. The van der Waals surface area contributed by atoms with Gasteiger partial charge in [-0.3, -0.25) is 5.41 Å². The molecule has 0 saturated carbocycles. The van der Waals surface area contributed by atoms with Gasteiger partial charge in [0.25, 0.3) is 0 Å².